The minimum absolute atomic E-state index is 0.244. The number of carbonyl (C=O) groups is 2. The van der Waals surface area contributed by atoms with E-state index in [0.717, 1.165) is 4.90 Å². The predicted molar refractivity (Wildman–Crippen MR) is 113 cm³/mol. The molecule has 3 atom stereocenters. The smallest absolute Gasteiger partial charge is 0.266 e. The Hall–Kier alpha value is -3.10. The first-order valence-electron chi connectivity index (χ1n) is 9.55. The number of nitrogens with zero attached hydrogens (tertiary/aromatic N) is 2. The third kappa shape index (κ3) is 3.23. The number of rotatable bonds is 3. The number of para-hydroxylation sites is 1. The van der Waals surface area contributed by atoms with Crippen LogP contribution in [0.4, 0.5) is 20.2 Å². The van der Waals surface area contributed by atoms with Gasteiger partial charge in [-0.1, -0.05) is 24.3 Å². The summed E-state index contributed by atoms with van der Waals surface area (Å²) in [6.07, 6.45) is -1.05. The number of benzene rings is 3. The van der Waals surface area contributed by atoms with Crippen molar-refractivity contribution in [3.05, 3.63) is 94.5 Å². The molecule has 31 heavy (non-hydrogen) atoms. The van der Waals surface area contributed by atoms with E-state index in [2.05, 4.69) is 15.9 Å². The van der Waals surface area contributed by atoms with Crippen LogP contribution in [0.2, 0.25) is 0 Å². The van der Waals surface area contributed by atoms with Crippen LogP contribution in [0.15, 0.2) is 77.3 Å². The Morgan fingerprint density at radius 1 is 0.839 bits per heavy atom. The molecule has 5 rings (SSSR count). The van der Waals surface area contributed by atoms with Crippen molar-refractivity contribution in [2.24, 2.45) is 5.92 Å². The number of hydroxylamine groups is 1. The average Bonchev–Trinajstić information content (AvgIpc) is 3.28. The Morgan fingerprint density at radius 3 is 2.23 bits per heavy atom. The zero-order chi connectivity index (χ0) is 21.7. The topological polar surface area (TPSA) is 49.9 Å². The van der Waals surface area contributed by atoms with Gasteiger partial charge in [-0.15, -0.1) is 0 Å². The van der Waals surface area contributed by atoms with Gasteiger partial charge in [0.1, 0.15) is 17.6 Å². The second-order valence-corrected chi connectivity index (χ2v) is 8.17. The molecule has 3 aromatic carbocycles. The summed E-state index contributed by atoms with van der Waals surface area (Å²) in [5, 5.41) is 1.53. The SMILES string of the molecule is O=C1[C@H]2[C@H](ON(c3ccccc3)[C@H]2c2ccc(F)c(Br)c2)C(=O)N1c1ccc(F)cc1. The van der Waals surface area contributed by atoms with E-state index in [9.17, 15) is 18.4 Å². The van der Waals surface area contributed by atoms with Crippen LogP contribution >= 0.6 is 15.9 Å². The number of fused-ring (bicyclic) bond motifs is 1. The number of hydrogen-bond donors (Lipinski definition) is 0. The van der Waals surface area contributed by atoms with Crippen LogP contribution < -0.4 is 9.96 Å². The molecule has 2 aliphatic rings. The van der Waals surface area contributed by atoms with Crippen LogP contribution in [0.25, 0.3) is 0 Å². The van der Waals surface area contributed by atoms with Crippen LogP contribution in [-0.2, 0) is 14.4 Å². The van der Waals surface area contributed by atoms with Crippen LogP contribution in [0.1, 0.15) is 11.6 Å². The van der Waals surface area contributed by atoms with Crippen molar-refractivity contribution in [1.29, 1.82) is 0 Å². The highest BCUT2D eigenvalue weighted by atomic mass is 79.9. The molecular weight excluding hydrogens is 470 g/mol. The van der Waals surface area contributed by atoms with Gasteiger partial charge in [-0.2, -0.15) is 0 Å². The van der Waals surface area contributed by atoms with Crippen molar-refractivity contribution in [2.45, 2.75) is 12.1 Å². The molecule has 2 amide bonds. The van der Waals surface area contributed by atoms with Crippen molar-refractivity contribution >= 4 is 39.1 Å². The summed E-state index contributed by atoms with van der Waals surface area (Å²) in [6, 6.07) is 18.0. The van der Waals surface area contributed by atoms with Crippen LogP contribution in [0.5, 0.6) is 0 Å². The summed E-state index contributed by atoms with van der Waals surface area (Å²) in [7, 11) is 0. The maximum absolute atomic E-state index is 13.9. The fraction of sp³-hybridized carbons (Fsp3) is 0.130. The Labute approximate surface area is 184 Å². The molecule has 0 N–H and O–H groups in total. The lowest BCUT2D eigenvalue weighted by atomic mass is 9.90. The first-order valence-corrected chi connectivity index (χ1v) is 10.3. The molecule has 2 aliphatic heterocycles. The zero-order valence-electron chi connectivity index (χ0n) is 15.9. The number of anilines is 2. The van der Waals surface area contributed by atoms with Crippen molar-refractivity contribution in [3.63, 3.8) is 0 Å². The molecule has 3 aromatic rings. The molecule has 5 nitrogen and oxygen atoms in total. The van der Waals surface area contributed by atoms with Crippen molar-refractivity contribution < 1.29 is 23.2 Å². The van der Waals surface area contributed by atoms with Gasteiger partial charge in [0.15, 0.2) is 6.10 Å². The third-order valence-corrected chi connectivity index (χ3v) is 6.10. The summed E-state index contributed by atoms with van der Waals surface area (Å²) in [4.78, 5) is 33.6. The van der Waals surface area contributed by atoms with E-state index in [-0.39, 0.29) is 10.2 Å². The average molecular weight is 485 g/mol. The molecular formula is C23H15BrF2N2O3. The summed E-state index contributed by atoms with van der Waals surface area (Å²) in [6.45, 7) is 0. The number of imide groups is 1. The van der Waals surface area contributed by atoms with Gasteiger partial charge in [-0.05, 0) is 70.0 Å². The largest absolute Gasteiger partial charge is 0.273 e. The molecule has 0 aliphatic carbocycles. The van der Waals surface area contributed by atoms with Gasteiger partial charge >= 0.3 is 0 Å². The second-order valence-electron chi connectivity index (χ2n) is 7.32. The van der Waals surface area contributed by atoms with E-state index < -0.39 is 41.5 Å². The van der Waals surface area contributed by atoms with E-state index in [4.69, 9.17) is 4.84 Å². The fourth-order valence-corrected chi connectivity index (χ4v) is 4.49. The molecule has 0 unspecified atom stereocenters. The van der Waals surface area contributed by atoms with E-state index in [1.807, 2.05) is 18.2 Å². The van der Waals surface area contributed by atoms with E-state index in [0.29, 0.717) is 11.3 Å². The Bertz CT molecular complexity index is 1170. The lowest BCUT2D eigenvalue weighted by molar-refractivity contribution is -0.126. The highest BCUT2D eigenvalue weighted by Gasteiger charge is 2.60. The first-order chi connectivity index (χ1) is 15.0. The van der Waals surface area contributed by atoms with Gasteiger partial charge < -0.3 is 0 Å². The lowest BCUT2D eigenvalue weighted by Gasteiger charge is -2.29. The van der Waals surface area contributed by atoms with Gasteiger partial charge in [-0.3, -0.25) is 14.4 Å². The minimum Gasteiger partial charge on any atom is -0.273 e. The Balaban J connectivity index is 1.60. The number of carbonyl (C=O) groups excluding carboxylic acids is 2. The van der Waals surface area contributed by atoms with E-state index >= 15 is 0 Å². The minimum atomic E-state index is -1.05. The standard InChI is InChI=1S/C23H15BrF2N2O3/c24-17-12-13(6-11-18(17)26)20-19-21(31-28(20)16-4-2-1-3-5-16)23(30)27(22(19)29)15-9-7-14(25)8-10-15/h1-12,19-21H/t19-,20+,21+/m1/s1. The number of amides is 2. The molecule has 2 fully saturated rings. The van der Waals surface area contributed by atoms with Crippen molar-refractivity contribution in [3.8, 4) is 0 Å². The quantitative estimate of drug-likeness (QED) is 0.502. The number of hydrogen-bond acceptors (Lipinski definition) is 4. The van der Waals surface area contributed by atoms with E-state index in [1.165, 1.54) is 35.4 Å². The predicted octanol–water partition coefficient (Wildman–Crippen LogP) is 4.78. The fourth-order valence-electron chi connectivity index (χ4n) is 4.09. The first kappa shape index (κ1) is 19.8. The molecule has 0 saturated carbocycles. The zero-order valence-corrected chi connectivity index (χ0v) is 17.5. The van der Waals surface area contributed by atoms with E-state index in [1.54, 1.807) is 24.3 Å². The molecule has 8 heteroatoms. The second kappa shape index (κ2) is 7.55. The summed E-state index contributed by atoms with van der Waals surface area (Å²) in [5.74, 6) is -2.73. The molecule has 0 aromatic heterocycles. The molecule has 156 valence electrons. The molecule has 0 bridgehead atoms. The third-order valence-electron chi connectivity index (χ3n) is 5.50. The summed E-state index contributed by atoms with van der Waals surface area (Å²) in [5.41, 5.74) is 1.56. The summed E-state index contributed by atoms with van der Waals surface area (Å²) < 4.78 is 27.5. The Morgan fingerprint density at radius 2 is 1.55 bits per heavy atom. The molecule has 2 heterocycles. The van der Waals surface area contributed by atoms with Crippen LogP contribution in [0.3, 0.4) is 0 Å². The number of halogens is 3. The van der Waals surface area contributed by atoms with Gasteiger partial charge in [0.2, 0.25) is 5.91 Å². The van der Waals surface area contributed by atoms with Gasteiger partial charge in [0, 0.05) is 0 Å². The Kier molecular flexibility index (Phi) is 4.83. The van der Waals surface area contributed by atoms with Gasteiger partial charge in [0.05, 0.1) is 21.9 Å². The highest BCUT2D eigenvalue weighted by Crippen LogP contribution is 2.47. The van der Waals surface area contributed by atoms with Crippen molar-refractivity contribution in [2.75, 3.05) is 9.96 Å². The van der Waals surface area contributed by atoms with Crippen LogP contribution in [-0.4, -0.2) is 17.9 Å². The monoisotopic (exact) mass is 484 g/mol. The maximum Gasteiger partial charge on any atom is 0.266 e. The van der Waals surface area contributed by atoms with Crippen molar-refractivity contribution in [1.82, 2.24) is 0 Å². The molecule has 0 radical (unpaired) electrons. The highest BCUT2D eigenvalue weighted by molar-refractivity contribution is 9.10. The van der Waals surface area contributed by atoms with Gasteiger partial charge in [0.25, 0.3) is 5.91 Å². The molecule has 0 spiro atoms. The lowest BCUT2D eigenvalue weighted by Crippen LogP contribution is -2.37. The molecule has 2 saturated heterocycles. The normalized spacial score (nSPS) is 22.9. The summed E-state index contributed by atoms with van der Waals surface area (Å²) >= 11 is 3.19. The van der Waals surface area contributed by atoms with Crippen LogP contribution in [0, 0.1) is 17.6 Å². The van der Waals surface area contributed by atoms with Gasteiger partial charge in [-0.25, -0.2) is 18.7 Å². The maximum atomic E-state index is 13.9.